The molecule has 30 heavy (non-hydrogen) atoms. The van der Waals surface area contributed by atoms with Crippen LogP contribution in [0.3, 0.4) is 0 Å². The smallest absolute Gasteiger partial charge is 0.398 e. The van der Waals surface area contributed by atoms with E-state index in [2.05, 4.69) is 0 Å². The number of rotatable bonds is 3. The molecule has 3 aromatic carbocycles. The van der Waals surface area contributed by atoms with Crippen molar-refractivity contribution in [2.75, 3.05) is 5.73 Å². The fourth-order valence-electron chi connectivity index (χ4n) is 3.53. The summed E-state index contributed by atoms with van der Waals surface area (Å²) < 4.78 is 77.8. The molecule has 3 aromatic rings. The van der Waals surface area contributed by atoms with Crippen molar-refractivity contribution in [3.63, 3.8) is 0 Å². The molecule has 0 atom stereocenters. The number of alkyl halides is 6. The van der Waals surface area contributed by atoms with Crippen LogP contribution in [0.2, 0.25) is 0 Å². The highest BCUT2D eigenvalue weighted by Gasteiger charge is 2.32. The summed E-state index contributed by atoms with van der Waals surface area (Å²) in [7, 11) is 0. The minimum Gasteiger partial charge on any atom is -0.398 e. The highest BCUT2D eigenvalue weighted by Crippen LogP contribution is 2.39. The fraction of sp³-hybridized carbons (Fsp3) is 0.217. The van der Waals surface area contributed by atoms with Gasteiger partial charge < -0.3 is 5.73 Å². The Bertz CT molecular complexity index is 974. The highest BCUT2D eigenvalue weighted by molar-refractivity contribution is 5.61. The van der Waals surface area contributed by atoms with Crippen molar-refractivity contribution in [2.45, 2.75) is 32.1 Å². The van der Waals surface area contributed by atoms with Crippen LogP contribution in [0.4, 0.5) is 32.0 Å². The Balaban J connectivity index is 2.17. The van der Waals surface area contributed by atoms with Gasteiger partial charge in [-0.25, -0.2) is 0 Å². The number of anilines is 1. The lowest BCUT2D eigenvalue weighted by molar-refractivity contribution is -0.138. The first-order chi connectivity index (χ1) is 13.9. The molecule has 0 aliphatic heterocycles. The zero-order valence-corrected chi connectivity index (χ0v) is 16.2. The number of aryl methyl sites for hydroxylation is 2. The predicted octanol–water partition coefficient (Wildman–Crippen LogP) is 7.10. The molecule has 0 radical (unpaired) electrons. The first-order valence-corrected chi connectivity index (χ1v) is 9.09. The molecule has 0 fully saturated rings. The van der Waals surface area contributed by atoms with Gasteiger partial charge in [-0.2, -0.15) is 26.3 Å². The first-order valence-electron chi connectivity index (χ1n) is 9.09. The van der Waals surface area contributed by atoms with E-state index in [1.165, 1.54) is 24.3 Å². The summed E-state index contributed by atoms with van der Waals surface area (Å²) in [6, 6.07) is 12.9. The Morgan fingerprint density at radius 3 is 1.43 bits per heavy atom. The Hall–Kier alpha value is -2.96. The predicted molar refractivity (Wildman–Crippen MR) is 104 cm³/mol. The van der Waals surface area contributed by atoms with E-state index in [0.29, 0.717) is 22.4 Å². The third-order valence-corrected chi connectivity index (χ3v) is 5.02. The zero-order chi connectivity index (χ0) is 22.3. The van der Waals surface area contributed by atoms with Crippen molar-refractivity contribution in [3.8, 4) is 0 Å². The van der Waals surface area contributed by atoms with E-state index in [1.807, 2.05) is 26.0 Å². The van der Waals surface area contributed by atoms with Crippen molar-refractivity contribution in [1.82, 2.24) is 0 Å². The maximum absolute atomic E-state index is 13.0. The largest absolute Gasteiger partial charge is 0.416 e. The van der Waals surface area contributed by atoms with E-state index in [0.717, 1.165) is 35.4 Å². The summed E-state index contributed by atoms with van der Waals surface area (Å²) in [4.78, 5) is 0. The molecule has 2 N–H and O–H groups in total. The van der Waals surface area contributed by atoms with Gasteiger partial charge >= 0.3 is 12.4 Å². The van der Waals surface area contributed by atoms with Crippen LogP contribution in [0.5, 0.6) is 0 Å². The van der Waals surface area contributed by atoms with Crippen LogP contribution in [0.15, 0.2) is 60.7 Å². The molecule has 3 rings (SSSR count). The molecule has 7 heteroatoms. The molecular weight excluding hydrogens is 404 g/mol. The minimum atomic E-state index is -4.48. The Morgan fingerprint density at radius 1 is 0.667 bits per heavy atom. The molecule has 0 saturated carbocycles. The molecule has 0 bridgehead atoms. The van der Waals surface area contributed by atoms with Gasteiger partial charge in [0.05, 0.1) is 11.1 Å². The summed E-state index contributed by atoms with van der Waals surface area (Å²) in [5, 5.41) is 0. The SMILES string of the molecule is Cc1cc(C)c(N)c(C(c2ccc(C(F)(F)F)cc2)c2ccc(C(F)(F)F)cc2)c1. The highest BCUT2D eigenvalue weighted by atomic mass is 19.4. The number of nitrogens with two attached hydrogens (primary N) is 1. The third-order valence-electron chi connectivity index (χ3n) is 5.02. The maximum Gasteiger partial charge on any atom is 0.416 e. The van der Waals surface area contributed by atoms with Gasteiger partial charge in [0.25, 0.3) is 0 Å². The van der Waals surface area contributed by atoms with Crippen LogP contribution in [-0.2, 0) is 12.4 Å². The van der Waals surface area contributed by atoms with Crippen molar-refractivity contribution >= 4 is 5.69 Å². The monoisotopic (exact) mass is 423 g/mol. The second-order valence-corrected chi connectivity index (χ2v) is 7.26. The van der Waals surface area contributed by atoms with E-state index in [1.54, 1.807) is 0 Å². The quantitative estimate of drug-likeness (QED) is 0.271. The molecular formula is C23H19F6N. The van der Waals surface area contributed by atoms with Crippen LogP contribution in [0.1, 0.15) is 44.9 Å². The van der Waals surface area contributed by atoms with Crippen molar-refractivity contribution in [1.29, 1.82) is 0 Å². The third kappa shape index (κ3) is 4.45. The fourth-order valence-corrected chi connectivity index (χ4v) is 3.53. The van der Waals surface area contributed by atoms with Crippen LogP contribution in [-0.4, -0.2) is 0 Å². The number of hydrogen-bond acceptors (Lipinski definition) is 1. The van der Waals surface area contributed by atoms with Gasteiger partial charge in [-0.15, -0.1) is 0 Å². The summed E-state index contributed by atoms with van der Waals surface area (Å²) in [6.07, 6.45) is -8.97. The molecule has 0 amide bonds. The van der Waals surface area contributed by atoms with Crippen molar-refractivity contribution in [3.05, 3.63) is 99.6 Å². The van der Waals surface area contributed by atoms with Gasteiger partial charge in [0.2, 0.25) is 0 Å². The van der Waals surface area contributed by atoms with Gasteiger partial charge in [-0.3, -0.25) is 0 Å². The zero-order valence-electron chi connectivity index (χ0n) is 16.2. The second-order valence-electron chi connectivity index (χ2n) is 7.26. The molecule has 0 aliphatic rings. The van der Waals surface area contributed by atoms with Gasteiger partial charge in [0, 0.05) is 11.6 Å². The van der Waals surface area contributed by atoms with Crippen molar-refractivity contribution < 1.29 is 26.3 Å². The van der Waals surface area contributed by atoms with Crippen molar-refractivity contribution in [2.24, 2.45) is 0 Å². The van der Waals surface area contributed by atoms with Gasteiger partial charge in [-0.1, -0.05) is 42.0 Å². The van der Waals surface area contributed by atoms with E-state index < -0.39 is 29.4 Å². The Kier molecular flexibility index (Phi) is 5.58. The summed E-state index contributed by atoms with van der Waals surface area (Å²) in [6.45, 7) is 3.66. The molecule has 0 aromatic heterocycles. The molecule has 0 spiro atoms. The summed E-state index contributed by atoms with van der Waals surface area (Å²) >= 11 is 0. The van der Waals surface area contributed by atoms with E-state index >= 15 is 0 Å². The normalized spacial score (nSPS) is 12.4. The van der Waals surface area contributed by atoms with E-state index in [4.69, 9.17) is 5.73 Å². The molecule has 158 valence electrons. The summed E-state index contributed by atoms with van der Waals surface area (Å²) in [5.41, 5.74) is 8.42. The molecule has 0 heterocycles. The molecule has 0 aliphatic carbocycles. The van der Waals surface area contributed by atoms with Crippen LogP contribution in [0, 0.1) is 13.8 Å². The maximum atomic E-state index is 13.0. The molecule has 1 nitrogen and oxygen atoms in total. The van der Waals surface area contributed by atoms with Crippen LogP contribution in [0.25, 0.3) is 0 Å². The number of nitrogen functional groups attached to an aromatic ring is 1. The average Bonchev–Trinajstić information content (AvgIpc) is 2.65. The van der Waals surface area contributed by atoms with Gasteiger partial charge in [-0.05, 0) is 60.4 Å². The van der Waals surface area contributed by atoms with E-state index in [9.17, 15) is 26.3 Å². The molecule has 0 unspecified atom stereocenters. The number of halogens is 6. The lowest BCUT2D eigenvalue weighted by Gasteiger charge is -2.23. The topological polar surface area (TPSA) is 26.0 Å². The van der Waals surface area contributed by atoms with E-state index in [-0.39, 0.29) is 0 Å². The number of hydrogen-bond donors (Lipinski definition) is 1. The Morgan fingerprint density at radius 2 is 1.07 bits per heavy atom. The molecule has 0 saturated heterocycles. The standard InChI is InChI=1S/C23H19F6N/c1-13-11-14(2)21(30)19(12-13)20(15-3-7-17(8-4-15)22(24,25)26)16-5-9-18(10-6-16)23(27,28)29/h3-12,20H,30H2,1-2H3. The second kappa shape index (κ2) is 7.70. The first kappa shape index (κ1) is 21.7. The summed E-state index contributed by atoms with van der Waals surface area (Å²) in [5.74, 6) is -0.617. The van der Waals surface area contributed by atoms with Gasteiger partial charge in [0.15, 0.2) is 0 Å². The lowest BCUT2D eigenvalue weighted by atomic mass is 9.82. The van der Waals surface area contributed by atoms with Gasteiger partial charge in [0.1, 0.15) is 0 Å². The Labute approximate surface area is 170 Å². The van der Waals surface area contributed by atoms with Crippen LogP contribution >= 0.6 is 0 Å². The average molecular weight is 423 g/mol. The number of benzene rings is 3. The minimum absolute atomic E-state index is 0.449. The lowest BCUT2D eigenvalue weighted by Crippen LogP contribution is -2.11. The van der Waals surface area contributed by atoms with Crippen LogP contribution < -0.4 is 5.73 Å².